The van der Waals surface area contributed by atoms with Gasteiger partial charge in [0.25, 0.3) is 0 Å². The first-order valence-electron chi connectivity index (χ1n) is 7.19. The first-order valence-corrected chi connectivity index (χ1v) is 7.19. The number of benzene rings is 1. The molecule has 1 heterocycles. The van der Waals surface area contributed by atoms with Crippen molar-refractivity contribution in [3.05, 3.63) is 29.3 Å². The van der Waals surface area contributed by atoms with Gasteiger partial charge in [-0.15, -0.1) is 0 Å². The lowest BCUT2D eigenvalue weighted by Crippen LogP contribution is -2.34. The molecule has 0 spiro atoms. The minimum absolute atomic E-state index is 0.218. The molecule has 1 N–H and O–H groups in total. The standard InChI is InChI=1S/C16H22O2/c1-11-7-8-15-13(9-11)14(17)10-16(18-15)12-5-3-2-4-6-12/h7-9,12,14,16-17H,2-6,10H2,1H3/t14-,16?/m1/s1. The Kier molecular flexibility index (Phi) is 3.29. The number of aliphatic hydroxyl groups is 1. The fourth-order valence-corrected chi connectivity index (χ4v) is 3.39. The van der Waals surface area contributed by atoms with Gasteiger partial charge in [0.05, 0.1) is 6.10 Å². The minimum Gasteiger partial charge on any atom is -0.490 e. The van der Waals surface area contributed by atoms with E-state index in [-0.39, 0.29) is 12.2 Å². The average Bonchev–Trinajstić information content (AvgIpc) is 2.40. The molecule has 2 aliphatic rings. The number of hydrogen-bond donors (Lipinski definition) is 1. The molecule has 0 saturated heterocycles. The van der Waals surface area contributed by atoms with Crippen LogP contribution in [0.25, 0.3) is 0 Å². The monoisotopic (exact) mass is 246 g/mol. The highest BCUT2D eigenvalue weighted by molar-refractivity contribution is 5.40. The third kappa shape index (κ3) is 2.26. The van der Waals surface area contributed by atoms with Gasteiger partial charge in [0.1, 0.15) is 11.9 Å². The van der Waals surface area contributed by atoms with Crippen LogP contribution in [0.5, 0.6) is 5.75 Å². The molecule has 0 radical (unpaired) electrons. The summed E-state index contributed by atoms with van der Waals surface area (Å²) in [4.78, 5) is 0. The maximum Gasteiger partial charge on any atom is 0.125 e. The van der Waals surface area contributed by atoms with Gasteiger partial charge >= 0.3 is 0 Å². The van der Waals surface area contributed by atoms with Crippen molar-refractivity contribution in [2.24, 2.45) is 5.92 Å². The smallest absolute Gasteiger partial charge is 0.125 e. The van der Waals surface area contributed by atoms with Gasteiger partial charge in [0, 0.05) is 12.0 Å². The van der Waals surface area contributed by atoms with Gasteiger partial charge in [-0.05, 0) is 37.8 Å². The Morgan fingerprint density at radius 3 is 2.72 bits per heavy atom. The normalized spacial score (nSPS) is 28.6. The number of aliphatic hydroxyl groups excluding tert-OH is 1. The van der Waals surface area contributed by atoms with Crippen molar-refractivity contribution in [1.82, 2.24) is 0 Å². The maximum absolute atomic E-state index is 10.3. The van der Waals surface area contributed by atoms with Gasteiger partial charge in [-0.3, -0.25) is 0 Å². The van der Waals surface area contributed by atoms with E-state index in [1.165, 1.54) is 37.7 Å². The van der Waals surface area contributed by atoms with Crippen LogP contribution in [-0.4, -0.2) is 11.2 Å². The third-order valence-electron chi connectivity index (χ3n) is 4.43. The molecular weight excluding hydrogens is 224 g/mol. The zero-order chi connectivity index (χ0) is 12.5. The second-order valence-electron chi connectivity index (χ2n) is 5.85. The molecule has 0 amide bonds. The van der Waals surface area contributed by atoms with Crippen LogP contribution in [0, 0.1) is 12.8 Å². The van der Waals surface area contributed by atoms with Crippen LogP contribution in [0.15, 0.2) is 18.2 Å². The van der Waals surface area contributed by atoms with Crippen molar-refractivity contribution in [2.75, 3.05) is 0 Å². The fraction of sp³-hybridized carbons (Fsp3) is 0.625. The first kappa shape index (κ1) is 12.0. The minimum atomic E-state index is -0.347. The molecule has 1 aromatic rings. The Balaban J connectivity index is 1.80. The van der Waals surface area contributed by atoms with Gasteiger partial charge in [0.2, 0.25) is 0 Å². The summed E-state index contributed by atoms with van der Waals surface area (Å²) in [5.74, 6) is 1.54. The molecule has 18 heavy (non-hydrogen) atoms. The molecule has 1 aliphatic heterocycles. The topological polar surface area (TPSA) is 29.5 Å². The van der Waals surface area contributed by atoms with E-state index in [2.05, 4.69) is 19.1 Å². The molecular formula is C16H22O2. The molecule has 98 valence electrons. The predicted molar refractivity (Wildman–Crippen MR) is 71.7 cm³/mol. The summed E-state index contributed by atoms with van der Waals surface area (Å²) in [6.07, 6.45) is 7.17. The second-order valence-corrected chi connectivity index (χ2v) is 5.85. The van der Waals surface area contributed by atoms with Gasteiger partial charge in [0.15, 0.2) is 0 Å². The summed E-state index contributed by atoms with van der Waals surface area (Å²) in [5.41, 5.74) is 2.16. The van der Waals surface area contributed by atoms with Gasteiger partial charge in [-0.2, -0.15) is 0 Å². The number of hydrogen-bond acceptors (Lipinski definition) is 2. The van der Waals surface area contributed by atoms with E-state index in [1.54, 1.807) is 0 Å². The quantitative estimate of drug-likeness (QED) is 0.817. The van der Waals surface area contributed by atoms with E-state index in [1.807, 2.05) is 6.07 Å². The zero-order valence-corrected chi connectivity index (χ0v) is 11.1. The lowest BCUT2D eigenvalue weighted by atomic mass is 9.81. The Morgan fingerprint density at radius 1 is 1.17 bits per heavy atom. The summed E-state index contributed by atoms with van der Waals surface area (Å²) in [7, 11) is 0. The average molecular weight is 246 g/mol. The van der Waals surface area contributed by atoms with Crippen molar-refractivity contribution in [3.8, 4) is 5.75 Å². The van der Waals surface area contributed by atoms with Crippen LogP contribution in [-0.2, 0) is 0 Å². The summed E-state index contributed by atoms with van der Waals surface area (Å²) < 4.78 is 6.14. The highest BCUT2D eigenvalue weighted by atomic mass is 16.5. The Morgan fingerprint density at radius 2 is 1.94 bits per heavy atom. The molecule has 1 unspecified atom stereocenters. The molecule has 2 nitrogen and oxygen atoms in total. The van der Waals surface area contributed by atoms with Crippen molar-refractivity contribution < 1.29 is 9.84 Å². The number of ether oxygens (including phenoxy) is 1. The number of fused-ring (bicyclic) bond motifs is 1. The molecule has 0 aromatic heterocycles. The lowest BCUT2D eigenvalue weighted by Gasteiger charge is -2.36. The molecule has 1 aliphatic carbocycles. The summed E-state index contributed by atoms with van der Waals surface area (Å²) >= 11 is 0. The largest absolute Gasteiger partial charge is 0.490 e. The van der Waals surface area contributed by atoms with Crippen LogP contribution >= 0.6 is 0 Å². The molecule has 2 atom stereocenters. The van der Waals surface area contributed by atoms with Crippen LogP contribution in [0.3, 0.4) is 0 Å². The Hall–Kier alpha value is -1.02. The molecule has 2 heteroatoms. The molecule has 1 fully saturated rings. The second kappa shape index (κ2) is 4.93. The van der Waals surface area contributed by atoms with Crippen molar-refractivity contribution in [1.29, 1.82) is 0 Å². The van der Waals surface area contributed by atoms with Gasteiger partial charge < -0.3 is 9.84 Å². The van der Waals surface area contributed by atoms with Gasteiger partial charge in [-0.1, -0.05) is 30.9 Å². The summed E-state index contributed by atoms with van der Waals surface area (Å²) in [6, 6.07) is 6.13. The van der Waals surface area contributed by atoms with E-state index in [0.717, 1.165) is 17.7 Å². The first-order chi connectivity index (χ1) is 8.74. The zero-order valence-electron chi connectivity index (χ0n) is 11.1. The summed E-state index contributed by atoms with van der Waals surface area (Å²) in [5, 5.41) is 10.3. The SMILES string of the molecule is Cc1ccc2c(c1)[C@H](O)CC(C1CCCCC1)O2. The fourth-order valence-electron chi connectivity index (χ4n) is 3.39. The van der Waals surface area contributed by atoms with E-state index < -0.39 is 0 Å². The maximum atomic E-state index is 10.3. The predicted octanol–water partition coefficient (Wildman–Crippen LogP) is 3.76. The van der Waals surface area contributed by atoms with E-state index in [0.29, 0.717) is 5.92 Å². The van der Waals surface area contributed by atoms with Crippen LogP contribution < -0.4 is 4.74 Å². The lowest BCUT2D eigenvalue weighted by molar-refractivity contribution is 0.0233. The number of aryl methyl sites for hydroxylation is 1. The molecule has 3 rings (SSSR count). The van der Waals surface area contributed by atoms with E-state index in [9.17, 15) is 5.11 Å². The van der Waals surface area contributed by atoms with Crippen LogP contribution in [0.2, 0.25) is 0 Å². The highest BCUT2D eigenvalue weighted by Crippen LogP contribution is 2.40. The molecule has 1 aromatic carbocycles. The Labute approximate surface area is 109 Å². The molecule has 1 saturated carbocycles. The van der Waals surface area contributed by atoms with Crippen molar-refractivity contribution >= 4 is 0 Å². The van der Waals surface area contributed by atoms with Gasteiger partial charge in [-0.25, -0.2) is 0 Å². The molecule has 0 bridgehead atoms. The Bertz CT molecular complexity index is 421. The van der Waals surface area contributed by atoms with Crippen LogP contribution in [0.1, 0.15) is 55.8 Å². The van der Waals surface area contributed by atoms with Crippen molar-refractivity contribution in [3.63, 3.8) is 0 Å². The highest BCUT2D eigenvalue weighted by Gasteiger charge is 2.33. The van der Waals surface area contributed by atoms with E-state index >= 15 is 0 Å². The number of rotatable bonds is 1. The van der Waals surface area contributed by atoms with Crippen molar-refractivity contribution in [2.45, 2.75) is 57.7 Å². The van der Waals surface area contributed by atoms with E-state index in [4.69, 9.17) is 4.74 Å². The summed E-state index contributed by atoms with van der Waals surface area (Å²) in [6.45, 7) is 2.06. The third-order valence-corrected chi connectivity index (χ3v) is 4.43. The van der Waals surface area contributed by atoms with Crippen LogP contribution in [0.4, 0.5) is 0 Å².